The van der Waals surface area contributed by atoms with E-state index in [2.05, 4.69) is 5.10 Å². The normalized spacial score (nSPS) is 17.7. The van der Waals surface area contributed by atoms with Gasteiger partial charge in [0.1, 0.15) is 17.6 Å². The van der Waals surface area contributed by atoms with Gasteiger partial charge in [-0.1, -0.05) is 0 Å². The highest BCUT2D eigenvalue weighted by Crippen LogP contribution is 2.32. The fourth-order valence-electron chi connectivity index (χ4n) is 2.37. The molecule has 6 heteroatoms. The van der Waals surface area contributed by atoms with Crippen LogP contribution in [-0.4, -0.2) is 22.9 Å². The lowest BCUT2D eigenvalue weighted by molar-refractivity contribution is 0.316. The number of nitrogens with zero attached hydrogens (tertiary/aromatic N) is 2. The number of ether oxygens (including phenoxy) is 1. The first-order valence-corrected chi connectivity index (χ1v) is 6.94. The summed E-state index contributed by atoms with van der Waals surface area (Å²) in [5.41, 5.74) is 7.71. The molecule has 21 heavy (non-hydrogen) atoms. The van der Waals surface area contributed by atoms with Crippen molar-refractivity contribution >= 4 is 23.0 Å². The molecule has 1 aromatic carbocycles. The minimum absolute atomic E-state index is 0.0883. The quantitative estimate of drug-likeness (QED) is 0.883. The first-order valence-electron chi connectivity index (χ1n) is 6.53. The Morgan fingerprint density at radius 3 is 2.71 bits per heavy atom. The van der Waals surface area contributed by atoms with Gasteiger partial charge in [-0.25, -0.2) is 5.01 Å². The summed E-state index contributed by atoms with van der Waals surface area (Å²) in [4.78, 5) is 0. The second-order valence-electron chi connectivity index (χ2n) is 4.69. The first kappa shape index (κ1) is 13.6. The number of benzene rings is 1. The molecule has 108 valence electrons. The van der Waals surface area contributed by atoms with E-state index in [1.54, 1.807) is 18.4 Å². The Morgan fingerprint density at radius 2 is 2.14 bits per heavy atom. The molecule has 0 saturated heterocycles. The van der Waals surface area contributed by atoms with Crippen molar-refractivity contribution in [1.82, 2.24) is 5.01 Å². The van der Waals surface area contributed by atoms with E-state index in [0.29, 0.717) is 6.42 Å². The molecule has 5 nitrogen and oxygen atoms in total. The Balaban J connectivity index is 1.89. The summed E-state index contributed by atoms with van der Waals surface area (Å²) in [5.74, 6) is 1.61. The first-order chi connectivity index (χ1) is 10.2. The molecule has 0 radical (unpaired) electrons. The number of furan rings is 1. The molecule has 0 bridgehead atoms. The van der Waals surface area contributed by atoms with Crippen molar-refractivity contribution in [2.24, 2.45) is 10.8 Å². The largest absolute Gasteiger partial charge is 0.497 e. The van der Waals surface area contributed by atoms with Crippen LogP contribution in [0.2, 0.25) is 0 Å². The second kappa shape index (κ2) is 5.57. The fourth-order valence-corrected chi connectivity index (χ4v) is 2.54. The molecular weight excluding hydrogens is 286 g/mol. The topological polar surface area (TPSA) is 64.0 Å². The molecule has 1 aliphatic heterocycles. The number of methoxy groups -OCH3 is 1. The van der Waals surface area contributed by atoms with Crippen LogP contribution in [0.4, 0.5) is 0 Å². The lowest BCUT2D eigenvalue weighted by atomic mass is 10.0. The third-order valence-electron chi connectivity index (χ3n) is 3.43. The highest BCUT2D eigenvalue weighted by molar-refractivity contribution is 7.80. The van der Waals surface area contributed by atoms with Gasteiger partial charge in [0.25, 0.3) is 0 Å². The zero-order valence-corrected chi connectivity index (χ0v) is 12.3. The van der Waals surface area contributed by atoms with Gasteiger partial charge in [0.05, 0.1) is 19.1 Å². The minimum atomic E-state index is -0.0883. The molecule has 0 amide bonds. The Kier molecular flexibility index (Phi) is 3.62. The van der Waals surface area contributed by atoms with Gasteiger partial charge in [-0.15, -0.1) is 0 Å². The monoisotopic (exact) mass is 301 g/mol. The minimum Gasteiger partial charge on any atom is -0.497 e. The zero-order valence-electron chi connectivity index (χ0n) is 11.5. The van der Waals surface area contributed by atoms with Gasteiger partial charge in [0.15, 0.2) is 5.11 Å². The van der Waals surface area contributed by atoms with Crippen LogP contribution < -0.4 is 10.5 Å². The summed E-state index contributed by atoms with van der Waals surface area (Å²) < 4.78 is 10.6. The van der Waals surface area contributed by atoms with Gasteiger partial charge in [0.2, 0.25) is 0 Å². The average Bonchev–Trinajstić information content (AvgIpc) is 3.16. The van der Waals surface area contributed by atoms with Crippen molar-refractivity contribution in [2.75, 3.05) is 7.11 Å². The van der Waals surface area contributed by atoms with Gasteiger partial charge in [-0.05, 0) is 54.2 Å². The number of rotatable bonds is 3. The van der Waals surface area contributed by atoms with Crippen LogP contribution in [0, 0.1) is 0 Å². The number of hydrogen-bond acceptors (Lipinski definition) is 4. The molecule has 2 aromatic rings. The van der Waals surface area contributed by atoms with Crippen molar-refractivity contribution in [1.29, 1.82) is 0 Å². The molecule has 0 unspecified atom stereocenters. The van der Waals surface area contributed by atoms with Crippen LogP contribution >= 0.6 is 12.2 Å². The Labute approximate surface area is 128 Å². The Bertz CT molecular complexity index is 665. The molecule has 0 spiro atoms. The molecule has 1 aromatic heterocycles. The summed E-state index contributed by atoms with van der Waals surface area (Å²) in [6.45, 7) is 0. The molecule has 1 atom stereocenters. The van der Waals surface area contributed by atoms with Crippen molar-refractivity contribution in [3.05, 3.63) is 54.0 Å². The van der Waals surface area contributed by atoms with Gasteiger partial charge >= 0.3 is 0 Å². The number of nitrogens with two attached hydrogens (primary N) is 1. The van der Waals surface area contributed by atoms with E-state index in [-0.39, 0.29) is 11.2 Å². The molecule has 0 fully saturated rings. The molecule has 1 aliphatic rings. The summed E-state index contributed by atoms with van der Waals surface area (Å²) >= 11 is 5.08. The molecular formula is C15H15N3O2S. The smallest absolute Gasteiger partial charge is 0.187 e. The van der Waals surface area contributed by atoms with Crippen molar-refractivity contribution in [3.63, 3.8) is 0 Å². The molecule has 0 aliphatic carbocycles. The van der Waals surface area contributed by atoms with Crippen molar-refractivity contribution in [3.8, 4) is 5.75 Å². The third kappa shape index (κ3) is 2.62. The van der Waals surface area contributed by atoms with Gasteiger partial charge in [0, 0.05) is 6.42 Å². The van der Waals surface area contributed by atoms with Crippen LogP contribution in [0.5, 0.6) is 5.75 Å². The van der Waals surface area contributed by atoms with E-state index >= 15 is 0 Å². The third-order valence-corrected chi connectivity index (χ3v) is 3.62. The van der Waals surface area contributed by atoms with Gasteiger partial charge < -0.3 is 14.9 Å². The maximum Gasteiger partial charge on any atom is 0.187 e. The van der Waals surface area contributed by atoms with Gasteiger partial charge in [-0.2, -0.15) is 5.10 Å². The summed E-state index contributed by atoms with van der Waals surface area (Å²) in [5, 5.41) is 6.40. The molecule has 3 rings (SSSR count). The maximum atomic E-state index is 5.77. The highest BCUT2D eigenvalue weighted by atomic mass is 32.1. The number of hydrazone groups is 1. The van der Waals surface area contributed by atoms with E-state index in [1.807, 2.05) is 36.4 Å². The van der Waals surface area contributed by atoms with E-state index in [1.165, 1.54) is 0 Å². The van der Waals surface area contributed by atoms with E-state index in [0.717, 1.165) is 22.8 Å². The lowest BCUT2D eigenvalue weighted by Gasteiger charge is -2.19. The zero-order chi connectivity index (χ0) is 14.8. The van der Waals surface area contributed by atoms with E-state index in [9.17, 15) is 0 Å². The second-order valence-corrected chi connectivity index (χ2v) is 5.11. The van der Waals surface area contributed by atoms with Gasteiger partial charge in [-0.3, -0.25) is 0 Å². The van der Waals surface area contributed by atoms with Crippen LogP contribution in [-0.2, 0) is 0 Å². The standard InChI is InChI=1S/C15H15N3O2S/c1-19-11-6-4-10(5-7-11)12-9-13(14-3-2-8-20-14)18(17-12)15(16)21/h2-8,13H,9H2,1H3,(H2,16,21)/t13-/m0/s1. The van der Waals surface area contributed by atoms with Crippen LogP contribution in [0.15, 0.2) is 52.2 Å². The van der Waals surface area contributed by atoms with Crippen molar-refractivity contribution < 1.29 is 9.15 Å². The summed E-state index contributed by atoms with van der Waals surface area (Å²) in [7, 11) is 1.64. The Morgan fingerprint density at radius 1 is 1.38 bits per heavy atom. The molecule has 0 saturated carbocycles. The van der Waals surface area contributed by atoms with Crippen molar-refractivity contribution in [2.45, 2.75) is 12.5 Å². The lowest BCUT2D eigenvalue weighted by Crippen LogP contribution is -2.31. The predicted octanol–water partition coefficient (Wildman–Crippen LogP) is 2.68. The molecule has 2 heterocycles. The van der Waals surface area contributed by atoms with E-state index in [4.69, 9.17) is 27.1 Å². The van der Waals surface area contributed by atoms with E-state index < -0.39 is 0 Å². The summed E-state index contributed by atoms with van der Waals surface area (Å²) in [6, 6.07) is 11.4. The van der Waals surface area contributed by atoms with Crippen LogP contribution in [0.1, 0.15) is 23.8 Å². The SMILES string of the molecule is COc1ccc(C2=NN(C(N)=S)[C@H](c3ccco3)C2)cc1. The Hall–Kier alpha value is -2.34. The fraction of sp³-hybridized carbons (Fsp3) is 0.200. The maximum absolute atomic E-state index is 5.77. The van der Waals surface area contributed by atoms with Crippen LogP contribution in [0.3, 0.4) is 0 Å². The predicted molar refractivity (Wildman–Crippen MR) is 84.2 cm³/mol. The summed E-state index contributed by atoms with van der Waals surface area (Å²) in [6.07, 6.45) is 2.33. The number of thiocarbonyl (C=S) groups is 1. The molecule has 2 N–H and O–H groups in total. The number of hydrogen-bond donors (Lipinski definition) is 1. The highest BCUT2D eigenvalue weighted by Gasteiger charge is 2.32. The average molecular weight is 301 g/mol. The van der Waals surface area contributed by atoms with Crippen LogP contribution in [0.25, 0.3) is 0 Å².